The molecule has 1 amide bonds. The fraction of sp³-hybridized carbons (Fsp3) is 0.483. The number of benzene rings is 1. The van der Waals surface area contributed by atoms with Gasteiger partial charge in [-0.15, -0.1) is 0 Å². The minimum absolute atomic E-state index is 0.0428. The molecule has 0 saturated heterocycles. The van der Waals surface area contributed by atoms with Gasteiger partial charge in [-0.05, 0) is 44.2 Å². The number of sulfone groups is 1. The third-order valence-electron chi connectivity index (χ3n) is 8.16. The first-order valence-electron chi connectivity index (χ1n) is 14.7. The van der Waals surface area contributed by atoms with E-state index in [1.165, 1.54) is 10.8 Å². The van der Waals surface area contributed by atoms with E-state index >= 15 is 0 Å². The van der Waals surface area contributed by atoms with Gasteiger partial charge in [0.1, 0.15) is 21.4 Å². The van der Waals surface area contributed by atoms with Crippen molar-refractivity contribution in [3.8, 4) is 11.6 Å². The van der Waals surface area contributed by atoms with E-state index in [1.54, 1.807) is 28.0 Å². The van der Waals surface area contributed by atoms with Crippen LogP contribution < -0.4 is 10.1 Å². The first kappa shape index (κ1) is 30.8. The van der Waals surface area contributed by atoms with Gasteiger partial charge in [-0.1, -0.05) is 6.07 Å². The van der Waals surface area contributed by atoms with Gasteiger partial charge in [0.25, 0.3) is 0 Å². The number of hydrogen-bond acceptors (Lipinski definition) is 9. The standard InChI is InChI=1S/C29H33F3N8O4S/c1-45(42,43)15-3-14-44-23-5-2-4-22-21(23)16-34-40(22)25-10-11-33-28(37-25)35-20-8-6-19(7-9-20)27(41)39-13-12-38-17-24(29(30,31)32)36-26(38)18-39/h2,4-5,10-11,16-17,19-20H,3,6-9,12-15,18H2,1H3,(H,33,35,37). The molecule has 1 N–H and O–H groups in total. The van der Waals surface area contributed by atoms with Crippen molar-refractivity contribution in [3.05, 3.63) is 54.4 Å². The van der Waals surface area contributed by atoms with Gasteiger partial charge < -0.3 is 19.5 Å². The molecule has 1 aromatic carbocycles. The lowest BCUT2D eigenvalue weighted by molar-refractivity contribution is -0.141. The summed E-state index contributed by atoms with van der Waals surface area (Å²) in [6.07, 6.45) is 4.13. The number of anilines is 1. The molecule has 4 aromatic rings. The van der Waals surface area contributed by atoms with E-state index in [2.05, 4.69) is 25.4 Å². The maximum Gasteiger partial charge on any atom is 0.434 e. The summed E-state index contributed by atoms with van der Waals surface area (Å²) in [7, 11) is -3.06. The smallest absolute Gasteiger partial charge is 0.434 e. The summed E-state index contributed by atoms with van der Waals surface area (Å²) in [6.45, 7) is 0.989. The number of alkyl halides is 3. The molecule has 4 heterocycles. The normalized spacial score (nSPS) is 19.0. The Morgan fingerprint density at radius 1 is 1.11 bits per heavy atom. The summed E-state index contributed by atoms with van der Waals surface area (Å²) in [4.78, 5) is 27.6. The topological polar surface area (TPSA) is 137 Å². The largest absolute Gasteiger partial charge is 0.493 e. The number of rotatable bonds is 9. The quantitative estimate of drug-likeness (QED) is 0.269. The van der Waals surface area contributed by atoms with Gasteiger partial charge in [0.15, 0.2) is 11.5 Å². The Hall–Kier alpha value is -4.21. The molecule has 45 heavy (non-hydrogen) atoms. The summed E-state index contributed by atoms with van der Waals surface area (Å²) >= 11 is 0. The molecule has 0 bridgehead atoms. The highest BCUT2D eigenvalue weighted by atomic mass is 32.2. The van der Waals surface area contributed by atoms with Crippen molar-refractivity contribution < 1.29 is 31.1 Å². The number of nitrogens with zero attached hydrogens (tertiary/aromatic N) is 7. The summed E-state index contributed by atoms with van der Waals surface area (Å²) in [5, 5.41) is 8.65. The maximum absolute atomic E-state index is 13.2. The summed E-state index contributed by atoms with van der Waals surface area (Å²) in [5.74, 6) is 1.66. The molecule has 16 heteroatoms. The second-order valence-electron chi connectivity index (χ2n) is 11.5. The van der Waals surface area contributed by atoms with Crippen LogP contribution in [-0.4, -0.2) is 79.7 Å². The van der Waals surface area contributed by atoms with Crippen molar-refractivity contribution in [2.24, 2.45) is 5.92 Å². The van der Waals surface area contributed by atoms with Gasteiger partial charge in [-0.2, -0.15) is 23.3 Å². The van der Waals surface area contributed by atoms with Crippen molar-refractivity contribution in [1.82, 2.24) is 34.2 Å². The number of ether oxygens (including phenoxy) is 1. The number of halogens is 3. The Bertz CT molecular complexity index is 1800. The fourth-order valence-corrected chi connectivity index (χ4v) is 6.52. The lowest BCUT2D eigenvalue weighted by Crippen LogP contribution is -2.43. The summed E-state index contributed by atoms with van der Waals surface area (Å²) < 4.78 is 71.0. The Kier molecular flexibility index (Phi) is 8.41. The van der Waals surface area contributed by atoms with Crippen LogP contribution in [0.15, 0.2) is 42.9 Å². The highest BCUT2D eigenvalue weighted by Crippen LogP contribution is 2.32. The van der Waals surface area contributed by atoms with E-state index in [9.17, 15) is 26.4 Å². The molecule has 6 rings (SSSR count). The van der Waals surface area contributed by atoms with Gasteiger partial charge in [0.2, 0.25) is 11.9 Å². The number of imidazole rings is 1. The van der Waals surface area contributed by atoms with E-state index in [0.29, 0.717) is 49.9 Å². The molecular weight excluding hydrogens is 613 g/mol. The van der Waals surface area contributed by atoms with Crippen LogP contribution >= 0.6 is 0 Å². The zero-order valence-electron chi connectivity index (χ0n) is 24.6. The van der Waals surface area contributed by atoms with Crippen LogP contribution in [0.2, 0.25) is 0 Å². The highest BCUT2D eigenvalue weighted by molar-refractivity contribution is 7.90. The number of nitrogens with one attached hydrogen (secondary N) is 1. The molecule has 1 saturated carbocycles. The van der Waals surface area contributed by atoms with Crippen LogP contribution in [0, 0.1) is 5.92 Å². The Labute approximate surface area is 257 Å². The third-order valence-corrected chi connectivity index (χ3v) is 9.19. The lowest BCUT2D eigenvalue weighted by atomic mass is 9.85. The zero-order valence-corrected chi connectivity index (χ0v) is 25.4. The highest BCUT2D eigenvalue weighted by Gasteiger charge is 2.37. The van der Waals surface area contributed by atoms with E-state index in [1.807, 2.05) is 18.2 Å². The molecule has 0 unspecified atom stereocenters. The molecular formula is C29H33F3N8O4S. The molecule has 1 fully saturated rings. The number of aromatic nitrogens is 6. The van der Waals surface area contributed by atoms with Gasteiger partial charge in [-0.3, -0.25) is 4.79 Å². The van der Waals surface area contributed by atoms with Crippen molar-refractivity contribution in [1.29, 1.82) is 0 Å². The summed E-state index contributed by atoms with van der Waals surface area (Å²) in [6, 6.07) is 7.34. The molecule has 3 aromatic heterocycles. The third kappa shape index (κ3) is 7.05. The Morgan fingerprint density at radius 2 is 1.91 bits per heavy atom. The number of carbonyl (C=O) groups excluding carboxylic acids is 1. The van der Waals surface area contributed by atoms with Crippen LogP contribution in [0.4, 0.5) is 19.1 Å². The molecule has 1 aliphatic carbocycles. The number of fused-ring (bicyclic) bond motifs is 2. The van der Waals surface area contributed by atoms with Crippen LogP contribution in [0.3, 0.4) is 0 Å². The second kappa shape index (κ2) is 12.3. The minimum Gasteiger partial charge on any atom is -0.493 e. The van der Waals surface area contributed by atoms with Crippen LogP contribution in [-0.2, 0) is 33.9 Å². The molecule has 0 radical (unpaired) electrons. The van der Waals surface area contributed by atoms with Crippen LogP contribution in [0.5, 0.6) is 5.75 Å². The number of hydrogen-bond donors (Lipinski definition) is 1. The van der Waals surface area contributed by atoms with Gasteiger partial charge >= 0.3 is 6.18 Å². The fourth-order valence-electron chi connectivity index (χ4n) is 5.88. The van der Waals surface area contributed by atoms with E-state index in [-0.39, 0.29) is 42.6 Å². The second-order valence-corrected chi connectivity index (χ2v) is 13.8. The molecule has 12 nitrogen and oxygen atoms in total. The predicted octanol–water partition coefficient (Wildman–Crippen LogP) is 3.86. The van der Waals surface area contributed by atoms with Gasteiger partial charge in [-0.25, -0.2) is 23.1 Å². The molecule has 0 atom stereocenters. The monoisotopic (exact) mass is 646 g/mol. The maximum atomic E-state index is 13.2. The average Bonchev–Trinajstić information content (AvgIpc) is 3.64. The lowest BCUT2D eigenvalue weighted by Gasteiger charge is -2.34. The Morgan fingerprint density at radius 3 is 2.67 bits per heavy atom. The summed E-state index contributed by atoms with van der Waals surface area (Å²) in [5.41, 5.74) is -0.155. The zero-order chi connectivity index (χ0) is 31.8. The van der Waals surface area contributed by atoms with Gasteiger partial charge in [0, 0.05) is 49.8 Å². The van der Waals surface area contributed by atoms with Crippen molar-refractivity contribution in [2.45, 2.75) is 57.4 Å². The number of carbonyl (C=O) groups is 1. The van der Waals surface area contributed by atoms with Crippen molar-refractivity contribution in [3.63, 3.8) is 0 Å². The van der Waals surface area contributed by atoms with E-state index < -0.39 is 21.7 Å². The van der Waals surface area contributed by atoms with E-state index in [4.69, 9.17) is 4.74 Å². The van der Waals surface area contributed by atoms with E-state index in [0.717, 1.165) is 29.9 Å². The first-order valence-corrected chi connectivity index (χ1v) is 16.8. The molecule has 240 valence electrons. The minimum atomic E-state index is -4.51. The molecule has 2 aliphatic rings. The Balaban J connectivity index is 1.05. The average molecular weight is 647 g/mol. The van der Waals surface area contributed by atoms with Crippen molar-refractivity contribution in [2.75, 3.05) is 30.5 Å². The first-order chi connectivity index (χ1) is 21.4. The number of amides is 1. The van der Waals surface area contributed by atoms with Gasteiger partial charge in [0.05, 0.1) is 36.0 Å². The van der Waals surface area contributed by atoms with Crippen LogP contribution in [0.25, 0.3) is 16.7 Å². The predicted molar refractivity (Wildman–Crippen MR) is 158 cm³/mol. The van der Waals surface area contributed by atoms with Crippen molar-refractivity contribution >= 4 is 32.6 Å². The molecule has 0 spiro atoms. The molecule has 1 aliphatic heterocycles. The SMILES string of the molecule is CS(=O)(=O)CCCOc1cccc2c1cnn2-c1ccnc(NC2CCC(C(=O)N3CCn4cc(C(F)(F)F)nc4C3)CC2)n1. The van der Waals surface area contributed by atoms with Crippen LogP contribution in [0.1, 0.15) is 43.6 Å².